The maximum Gasteiger partial charge on any atom is 0.338 e. The molecule has 0 amide bonds. The minimum absolute atomic E-state index is 0.302. The van der Waals surface area contributed by atoms with Gasteiger partial charge in [0.15, 0.2) is 0 Å². The Hall–Kier alpha value is -2.13. The topological polar surface area (TPSA) is 46.5 Å². The molecular formula is C20H24O3. The number of hydrogen-bond donors (Lipinski definition) is 1. The van der Waals surface area contributed by atoms with Crippen molar-refractivity contribution in [3.8, 4) is 0 Å². The van der Waals surface area contributed by atoms with Crippen molar-refractivity contribution in [3.05, 3.63) is 71.8 Å². The maximum absolute atomic E-state index is 11.9. The summed E-state index contributed by atoms with van der Waals surface area (Å²) in [5, 5.41) is 10.2. The molecule has 0 saturated carbocycles. The normalized spacial score (nSPS) is 14.7. The molecular weight excluding hydrogens is 288 g/mol. The van der Waals surface area contributed by atoms with E-state index in [4.69, 9.17) is 4.74 Å². The zero-order chi connectivity index (χ0) is 16.7. The number of hydrogen-bond acceptors (Lipinski definition) is 3. The first-order valence-corrected chi connectivity index (χ1v) is 8.00. The molecule has 1 N–H and O–H groups in total. The Balaban J connectivity index is 1.89. The quantitative estimate of drug-likeness (QED) is 0.622. The minimum atomic E-state index is -0.477. The molecule has 23 heavy (non-hydrogen) atoms. The highest BCUT2D eigenvalue weighted by atomic mass is 16.5. The van der Waals surface area contributed by atoms with Crippen LogP contribution < -0.4 is 0 Å². The SMILES string of the molecule is CC(O)[C@@](C)(CCCOC(=O)c1ccccc1)c1ccccc1. The average molecular weight is 312 g/mol. The van der Waals surface area contributed by atoms with Crippen LogP contribution in [0.1, 0.15) is 42.6 Å². The monoisotopic (exact) mass is 312 g/mol. The molecule has 122 valence electrons. The molecule has 2 aromatic rings. The number of aliphatic hydroxyl groups is 1. The number of aliphatic hydroxyl groups excluding tert-OH is 1. The number of esters is 1. The van der Waals surface area contributed by atoms with E-state index in [0.717, 1.165) is 12.0 Å². The third-order valence-electron chi connectivity index (χ3n) is 4.44. The fraction of sp³-hybridized carbons (Fsp3) is 0.350. The summed E-state index contributed by atoms with van der Waals surface area (Å²) in [7, 11) is 0. The van der Waals surface area contributed by atoms with Gasteiger partial charge in [-0.15, -0.1) is 0 Å². The Labute approximate surface area is 137 Å². The van der Waals surface area contributed by atoms with Crippen LogP contribution in [-0.4, -0.2) is 23.8 Å². The van der Waals surface area contributed by atoms with Gasteiger partial charge in [-0.3, -0.25) is 0 Å². The van der Waals surface area contributed by atoms with Crippen LogP contribution in [0.15, 0.2) is 60.7 Å². The average Bonchev–Trinajstić information content (AvgIpc) is 2.59. The largest absolute Gasteiger partial charge is 0.462 e. The Kier molecular flexibility index (Phi) is 5.94. The van der Waals surface area contributed by atoms with Gasteiger partial charge in [-0.2, -0.15) is 0 Å². The van der Waals surface area contributed by atoms with Crippen LogP contribution >= 0.6 is 0 Å². The van der Waals surface area contributed by atoms with Crippen molar-refractivity contribution in [2.75, 3.05) is 6.61 Å². The predicted molar refractivity (Wildman–Crippen MR) is 91.4 cm³/mol. The smallest absolute Gasteiger partial charge is 0.338 e. The van der Waals surface area contributed by atoms with Gasteiger partial charge in [0, 0.05) is 5.41 Å². The van der Waals surface area contributed by atoms with Crippen LogP contribution in [0.3, 0.4) is 0 Å². The molecule has 1 unspecified atom stereocenters. The second-order valence-corrected chi connectivity index (χ2v) is 6.06. The fourth-order valence-electron chi connectivity index (χ4n) is 2.68. The van der Waals surface area contributed by atoms with Gasteiger partial charge in [-0.25, -0.2) is 4.79 Å². The van der Waals surface area contributed by atoms with Gasteiger partial charge in [0.2, 0.25) is 0 Å². The lowest BCUT2D eigenvalue weighted by atomic mass is 9.74. The zero-order valence-electron chi connectivity index (χ0n) is 13.7. The van der Waals surface area contributed by atoms with Gasteiger partial charge < -0.3 is 9.84 Å². The van der Waals surface area contributed by atoms with Crippen LogP contribution in [0, 0.1) is 0 Å². The van der Waals surface area contributed by atoms with Gasteiger partial charge in [0.25, 0.3) is 0 Å². The van der Waals surface area contributed by atoms with Crippen LogP contribution in [-0.2, 0) is 10.2 Å². The molecule has 0 aliphatic heterocycles. The molecule has 0 aliphatic carbocycles. The number of carbonyl (C=O) groups excluding carboxylic acids is 1. The minimum Gasteiger partial charge on any atom is -0.462 e. The standard InChI is InChI=1S/C20H24O3/c1-16(21)20(2,18-12-7-4-8-13-18)14-9-15-23-19(22)17-10-5-3-6-11-17/h3-8,10-13,16,21H,9,14-15H2,1-2H3/t16?,20-/m1/s1. The zero-order valence-corrected chi connectivity index (χ0v) is 13.7. The first kappa shape index (κ1) is 17.2. The number of benzene rings is 2. The third kappa shape index (κ3) is 4.42. The van der Waals surface area contributed by atoms with Crippen molar-refractivity contribution in [2.24, 2.45) is 0 Å². The lowest BCUT2D eigenvalue weighted by molar-refractivity contribution is 0.0467. The highest BCUT2D eigenvalue weighted by molar-refractivity contribution is 5.89. The van der Waals surface area contributed by atoms with Crippen molar-refractivity contribution in [3.63, 3.8) is 0 Å². The molecule has 0 bridgehead atoms. The molecule has 0 aliphatic rings. The van der Waals surface area contributed by atoms with Crippen molar-refractivity contribution in [2.45, 2.75) is 38.2 Å². The van der Waals surface area contributed by atoms with Crippen LogP contribution in [0.5, 0.6) is 0 Å². The molecule has 0 spiro atoms. The van der Waals surface area contributed by atoms with E-state index in [-0.39, 0.29) is 11.4 Å². The van der Waals surface area contributed by atoms with E-state index >= 15 is 0 Å². The maximum atomic E-state index is 11.9. The molecule has 0 heterocycles. The lowest BCUT2D eigenvalue weighted by Gasteiger charge is -2.33. The molecule has 0 saturated heterocycles. The number of ether oxygens (including phenoxy) is 1. The van der Waals surface area contributed by atoms with E-state index < -0.39 is 6.10 Å². The van der Waals surface area contributed by atoms with Gasteiger partial charge >= 0.3 is 5.97 Å². The summed E-state index contributed by atoms with van der Waals surface area (Å²) >= 11 is 0. The van der Waals surface area contributed by atoms with Crippen LogP contribution in [0.25, 0.3) is 0 Å². The van der Waals surface area contributed by atoms with E-state index in [9.17, 15) is 9.90 Å². The van der Waals surface area contributed by atoms with Gasteiger partial charge in [-0.1, -0.05) is 55.5 Å². The molecule has 2 aromatic carbocycles. The fourth-order valence-corrected chi connectivity index (χ4v) is 2.68. The second kappa shape index (κ2) is 7.93. The van der Waals surface area contributed by atoms with Crippen molar-refractivity contribution < 1.29 is 14.6 Å². The summed E-state index contributed by atoms with van der Waals surface area (Å²) in [6.07, 6.45) is 0.973. The summed E-state index contributed by atoms with van der Waals surface area (Å²) in [6, 6.07) is 19.0. The molecule has 0 aromatic heterocycles. The highest BCUT2D eigenvalue weighted by Crippen LogP contribution is 2.32. The first-order chi connectivity index (χ1) is 11.0. The summed E-state index contributed by atoms with van der Waals surface area (Å²) in [5.41, 5.74) is 1.32. The van der Waals surface area contributed by atoms with E-state index in [1.165, 1.54) is 0 Å². The molecule has 0 fully saturated rings. The van der Waals surface area contributed by atoms with Crippen LogP contribution in [0.2, 0.25) is 0 Å². The van der Waals surface area contributed by atoms with Gasteiger partial charge in [0.1, 0.15) is 0 Å². The Morgan fingerprint density at radius 2 is 1.65 bits per heavy atom. The molecule has 2 atom stereocenters. The second-order valence-electron chi connectivity index (χ2n) is 6.06. The Morgan fingerprint density at radius 1 is 1.09 bits per heavy atom. The van der Waals surface area contributed by atoms with Crippen molar-refractivity contribution in [1.82, 2.24) is 0 Å². The van der Waals surface area contributed by atoms with E-state index in [1.807, 2.05) is 62.4 Å². The van der Waals surface area contributed by atoms with Gasteiger partial charge in [-0.05, 0) is 37.5 Å². The molecule has 2 rings (SSSR count). The van der Waals surface area contributed by atoms with Gasteiger partial charge in [0.05, 0.1) is 18.3 Å². The van der Waals surface area contributed by atoms with Crippen molar-refractivity contribution in [1.29, 1.82) is 0 Å². The van der Waals surface area contributed by atoms with E-state index in [1.54, 1.807) is 12.1 Å². The van der Waals surface area contributed by atoms with E-state index in [0.29, 0.717) is 18.6 Å². The summed E-state index contributed by atoms with van der Waals surface area (Å²) in [5.74, 6) is -0.302. The predicted octanol–water partition coefficient (Wildman–Crippen LogP) is 3.96. The molecule has 3 nitrogen and oxygen atoms in total. The lowest BCUT2D eigenvalue weighted by Crippen LogP contribution is -2.35. The number of carbonyl (C=O) groups is 1. The third-order valence-corrected chi connectivity index (χ3v) is 4.44. The number of rotatable bonds is 7. The highest BCUT2D eigenvalue weighted by Gasteiger charge is 2.31. The Morgan fingerprint density at radius 3 is 2.22 bits per heavy atom. The summed E-state index contributed by atoms with van der Waals surface area (Å²) in [6.45, 7) is 4.21. The van der Waals surface area contributed by atoms with Crippen LogP contribution in [0.4, 0.5) is 0 Å². The summed E-state index contributed by atoms with van der Waals surface area (Å²) in [4.78, 5) is 11.9. The van der Waals surface area contributed by atoms with E-state index in [2.05, 4.69) is 0 Å². The van der Waals surface area contributed by atoms with Crippen molar-refractivity contribution >= 4 is 5.97 Å². The summed E-state index contributed by atoms with van der Waals surface area (Å²) < 4.78 is 5.32. The Bertz CT molecular complexity index is 607. The first-order valence-electron chi connectivity index (χ1n) is 8.00. The molecule has 3 heteroatoms. The molecule has 0 radical (unpaired) electrons.